The van der Waals surface area contributed by atoms with Gasteiger partial charge in [-0.05, 0) is 17.7 Å². The fourth-order valence-corrected chi connectivity index (χ4v) is 0.883. The second-order valence-corrected chi connectivity index (χ2v) is 2.48. The van der Waals surface area contributed by atoms with Crippen molar-refractivity contribution in [3.8, 4) is 5.75 Å². The van der Waals surface area contributed by atoms with E-state index in [1.54, 1.807) is 0 Å². The molecule has 0 aliphatic heterocycles. The molecule has 0 aliphatic carbocycles. The Morgan fingerprint density at radius 3 is 2.46 bits per heavy atom. The zero-order valence-corrected chi connectivity index (χ0v) is 7.03. The molecule has 0 fully saturated rings. The number of alkyl halides is 1. The van der Waals surface area contributed by atoms with Crippen molar-refractivity contribution in [1.29, 1.82) is 0 Å². The summed E-state index contributed by atoms with van der Waals surface area (Å²) in [6.45, 7) is 0. The van der Waals surface area contributed by atoms with Crippen LogP contribution in [0.4, 0.5) is 4.39 Å². The first-order valence-electron chi connectivity index (χ1n) is 3.66. The largest absolute Gasteiger partial charge is 0.508 e. The summed E-state index contributed by atoms with van der Waals surface area (Å²) in [5.74, 6) is -0.911. The maximum absolute atomic E-state index is 13.1. The second kappa shape index (κ2) is 3.89. The zero-order chi connectivity index (χ0) is 9.84. The van der Waals surface area contributed by atoms with Gasteiger partial charge < -0.3 is 9.84 Å². The molecule has 0 aromatic heterocycles. The molecular formula is C9H9FO3. The van der Waals surface area contributed by atoms with Crippen LogP contribution in [-0.4, -0.2) is 18.2 Å². The summed E-state index contributed by atoms with van der Waals surface area (Å²) in [6, 6.07) is 5.28. The molecule has 0 aliphatic rings. The average Bonchev–Trinajstić information content (AvgIpc) is 2.17. The molecule has 0 bridgehead atoms. The predicted molar refractivity (Wildman–Crippen MR) is 44.0 cm³/mol. The van der Waals surface area contributed by atoms with Gasteiger partial charge in [-0.3, -0.25) is 0 Å². The minimum absolute atomic E-state index is 0.0285. The summed E-state index contributed by atoms with van der Waals surface area (Å²) in [5.41, 5.74) is 0.171. The highest BCUT2D eigenvalue weighted by atomic mass is 19.1. The number of carbonyl (C=O) groups is 1. The molecular weight excluding hydrogens is 175 g/mol. The molecule has 0 spiro atoms. The summed E-state index contributed by atoms with van der Waals surface area (Å²) in [6.07, 6.45) is -1.79. The van der Waals surface area contributed by atoms with E-state index >= 15 is 0 Å². The van der Waals surface area contributed by atoms with Gasteiger partial charge >= 0.3 is 5.97 Å². The summed E-state index contributed by atoms with van der Waals surface area (Å²) in [7, 11) is 1.12. The molecule has 1 N–H and O–H groups in total. The SMILES string of the molecule is COC(=O)C(F)c1ccc(O)cc1. The molecule has 4 heteroatoms. The molecule has 0 heterocycles. The van der Waals surface area contributed by atoms with Crippen LogP contribution in [0.3, 0.4) is 0 Å². The Labute approximate surface area is 74.8 Å². The number of phenolic OH excluding ortho intramolecular Hbond substituents is 1. The van der Waals surface area contributed by atoms with Gasteiger partial charge in [0, 0.05) is 0 Å². The number of esters is 1. The van der Waals surface area contributed by atoms with Crippen LogP contribution in [0, 0.1) is 0 Å². The van der Waals surface area contributed by atoms with E-state index in [2.05, 4.69) is 4.74 Å². The first-order chi connectivity index (χ1) is 6.15. The van der Waals surface area contributed by atoms with E-state index in [-0.39, 0.29) is 11.3 Å². The van der Waals surface area contributed by atoms with E-state index in [9.17, 15) is 9.18 Å². The number of halogens is 1. The lowest BCUT2D eigenvalue weighted by Crippen LogP contribution is -2.09. The van der Waals surface area contributed by atoms with Gasteiger partial charge in [-0.1, -0.05) is 12.1 Å². The van der Waals surface area contributed by atoms with E-state index < -0.39 is 12.1 Å². The van der Waals surface area contributed by atoms with Gasteiger partial charge in [0.1, 0.15) is 5.75 Å². The Bertz CT molecular complexity index is 294. The molecule has 1 aromatic carbocycles. The van der Waals surface area contributed by atoms with E-state index in [4.69, 9.17) is 5.11 Å². The number of rotatable bonds is 2. The molecule has 3 nitrogen and oxygen atoms in total. The number of phenols is 1. The van der Waals surface area contributed by atoms with Gasteiger partial charge in [-0.2, -0.15) is 0 Å². The van der Waals surface area contributed by atoms with Gasteiger partial charge in [0.05, 0.1) is 7.11 Å². The quantitative estimate of drug-likeness (QED) is 0.709. The molecule has 0 saturated heterocycles. The van der Waals surface area contributed by atoms with Crippen molar-refractivity contribution in [3.05, 3.63) is 29.8 Å². The van der Waals surface area contributed by atoms with Gasteiger partial charge in [-0.15, -0.1) is 0 Å². The van der Waals surface area contributed by atoms with E-state index in [1.165, 1.54) is 24.3 Å². The Balaban J connectivity index is 2.83. The Kier molecular flexibility index (Phi) is 2.84. The van der Waals surface area contributed by atoms with E-state index in [0.717, 1.165) is 7.11 Å². The highest BCUT2D eigenvalue weighted by Gasteiger charge is 2.19. The fourth-order valence-electron chi connectivity index (χ4n) is 0.883. The standard InChI is InChI=1S/C9H9FO3/c1-13-9(12)8(10)6-2-4-7(11)5-3-6/h2-5,8,11H,1H3. The zero-order valence-electron chi connectivity index (χ0n) is 7.03. The molecule has 70 valence electrons. The van der Waals surface area contributed by atoms with Crippen LogP contribution in [0.25, 0.3) is 0 Å². The number of ether oxygens (including phenoxy) is 1. The molecule has 1 aromatic rings. The van der Waals surface area contributed by atoms with E-state index in [1.807, 2.05) is 0 Å². The number of hydrogen-bond donors (Lipinski definition) is 1. The van der Waals surface area contributed by atoms with Gasteiger partial charge in [0.2, 0.25) is 6.17 Å². The molecule has 0 saturated carbocycles. The predicted octanol–water partition coefficient (Wildman–Crippen LogP) is 1.58. The number of carbonyl (C=O) groups excluding carboxylic acids is 1. The average molecular weight is 184 g/mol. The molecule has 1 rings (SSSR count). The van der Waals surface area contributed by atoms with E-state index in [0.29, 0.717) is 0 Å². The number of benzene rings is 1. The Hall–Kier alpha value is -1.58. The smallest absolute Gasteiger partial charge is 0.345 e. The fraction of sp³-hybridized carbons (Fsp3) is 0.222. The lowest BCUT2D eigenvalue weighted by molar-refractivity contribution is -0.146. The van der Waals surface area contributed by atoms with Crippen LogP contribution in [0.2, 0.25) is 0 Å². The van der Waals surface area contributed by atoms with Crippen molar-refractivity contribution < 1.29 is 19.0 Å². The lowest BCUT2D eigenvalue weighted by atomic mass is 10.1. The van der Waals surface area contributed by atoms with Crippen LogP contribution in [-0.2, 0) is 9.53 Å². The summed E-state index contributed by atoms with van der Waals surface area (Å²) < 4.78 is 17.3. The van der Waals surface area contributed by atoms with Crippen molar-refractivity contribution in [2.24, 2.45) is 0 Å². The Morgan fingerprint density at radius 1 is 1.46 bits per heavy atom. The maximum atomic E-state index is 13.1. The highest BCUT2D eigenvalue weighted by Crippen LogP contribution is 2.20. The monoisotopic (exact) mass is 184 g/mol. The van der Waals surface area contributed by atoms with Gasteiger partial charge in [0.15, 0.2) is 0 Å². The third-order valence-corrected chi connectivity index (χ3v) is 1.59. The summed E-state index contributed by atoms with van der Waals surface area (Å²) in [5, 5.41) is 8.90. The lowest BCUT2D eigenvalue weighted by Gasteiger charge is -2.05. The maximum Gasteiger partial charge on any atom is 0.345 e. The van der Waals surface area contributed by atoms with Gasteiger partial charge in [0.25, 0.3) is 0 Å². The normalized spacial score (nSPS) is 12.2. The van der Waals surface area contributed by atoms with Crippen molar-refractivity contribution in [1.82, 2.24) is 0 Å². The summed E-state index contributed by atoms with van der Waals surface area (Å²) in [4.78, 5) is 10.7. The van der Waals surface area contributed by atoms with Gasteiger partial charge in [-0.25, -0.2) is 9.18 Å². The number of methoxy groups -OCH3 is 1. The third-order valence-electron chi connectivity index (χ3n) is 1.59. The van der Waals surface area contributed by atoms with Crippen molar-refractivity contribution >= 4 is 5.97 Å². The third kappa shape index (κ3) is 2.18. The van der Waals surface area contributed by atoms with Crippen molar-refractivity contribution in [2.45, 2.75) is 6.17 Å². The molecule has 1 unspecified atom stereocenters. The van der Waals surface area contributed by atoms with Crippen LogP contribution < -0.4 is 0 Å². The summed E-state index contributed by atoms with van der Waals surface area (Å²) >= 11 is 0. The Morgan fingerprint density at radius 2 is 2.00 bits per heavy atom. The highest BCUT2D eigenvalue weighted by molar-refractivity contribution is 5.76. The molecule has 0 radical (unpaired) electrons. The minimum Gasteiger partial charge on any atom is -0.508 e. The van der Waals surface area contributed by atoms with Crippen molar-refractivity contribution in [2.75, 3.05) is 7.11 Å². The van der Waals surface area contributed by atoms with Crippen LogP contribution >= 0.6 is 0 Å². The second-order valence-electron chi connectivity index (χ2n) is 2.48. The van der Waals surface area contributed by atoms with Crippen LogP contribution in [0.1, 0.15) is 11.7 Å². The molecule has 13 heavy (non-hydrogen) atoms. The topological polar surface area (TPSA) is 46.5 Å². The molecule has 1 atom stereocenters. The van der Waals surface area contributed by atoms with Crippen LogP contribution in [0.5, 0.6) is 5.75 Å². The minimum atomic E-state index is -1.79. The number of hydrogen-bond acceptors (Lipinski definition) is 3. The first kappa shape index (κ1) is 9.51. The first-order valence-corrected chi connectivity index (χ1v) is 3.66. The van der Waals surface area contributed by atoms with Crippen LogP contribution in [0.15, 0.2) is 24.3 Å². The number of aromatic hydroxyl groups is 1. The van der Waals surface area contributed by atoms with Crippen molar-refractivity contribution in [3.63, 3.8) is 0 Å². The molecule has 0 amide bonds.